The van der Waals surface area contributed by atoms with Crippen molar-refractivity contribution in [2.24, 2.45) is 0 Å². The van der Waals surface area contributed by atoms with Crippen molar-refractivity contribution in [2.75, 3.05) is 13.7 Å². The number of nitrogens with one attached hydrogen (secondary N) is 1. The van der Waals surface area contributed by atoms with Gasteiger partial charge in [-0.05, 0) is 25.5 Å². The van der Waals surface area contributed by atoms with Crippen LogP contribution in [0.3, 0.4) is 0 Å². The van der Waals surface area contributed by atoms with Crippen molar-refractivity contribution in [3.63, 3.8) is 0 Å². The first kappa shape index (κ1) is 15.5. The minimum Gasteiger partial charge on any atom is -0.480 e. The van der Waals surface area contributed by atoms with Gasteiger partial charge in [-0.2, -0.15) is 5.10 Å². The van der Waals surface area contributed by atoms with E-state index in [4.69, 9.17) is 9.47 Å². The van der Waals surface area contributed by atoms with Gasteiger partial charge in [0, 0.05) is 31.1 Å². The van der Waals surface area contributed by atoms with Crippen molar-refractivity contribution >= 4 is 5.91 Å². The second-order valence-corrected chi connectivity index (χ2v) is 5.35. The zero-order chi connectivity index (χ0) is 16.2. The molecule has 2 atom stereocenters. The highest BCUT2D eigenvalue weighted by Gasteiger charge is 2.32. The Bertz CT molecular complexity index is 685. The Morgan fingerprint density at radius 2 is 2.43 bits per heavy atom. The molecule has 23 heavy (non-hydrogen) atoms. The topological polar surface area (TPSA) is 78.3 Å². The molecule has 0 unspecified atom stereocenters. The van der Waals surface area contributed by atoms with E-state index in [1.54, 1.807) is 24.5 Å². The number of pyridine rings is 1. The van der Waals surface area contributed by atoms with Gasteiger partial charge < -0.3 is 14.8 Å². The Morgan fingerprint density at radius 1 is 1.57 bits per heavy atom. The van der Waals surface area contributed by atoms with E-state index in [-0.39, 0.29) is 18.1 Å². The van der Waals surface area contributed by atoms with E-state index < -0.39 is 0 Å². The first-order valence-electron chi connectivity index (χ1n) is 7.66. The van der Waals surface area contributed by atoms with E-state index in [1.807, 2.05) is 17.8 Å². The number of aryl methyl sites for hydroxylation is 1. The Hall–Kier alpha value is -2.41. The van der Waals surface area contributed by atoms with Crippen LogP contribution in [-0.4, -0.2) is 40.4 Å². The van der Waals surface area contributed by atoms with Crippen LogP contribution in [0, 0.1) is 0 Å². The number of methoxy groups -OCH3 is 1. The van der Waals surface area contributed by atoms with Gasteiger partial charge in [-0.25, -0.2) is 4.98 Å². The lowest BCUT2D eigenvalue weighted by Crippen LogP contribution is -2.37. The van der Waals surface area contributed by atoms with Gasteiger partial charge in [0.2, 0.25) is 5.88 Å². The maximum Gasteiger partial charge on any atom is 0.257 e. The molecule has 1 aliphatic rings. The van der Waals surface area contributed by atoms with Gasteiger partial charge in [0.25, 0.3) is 5.91 Å². The minimum absolute atomic E-state index is 0.0954. The van der Waals surface area contributed by atoms with Crippen LogP contribution in [-0.2, 0) is 11.3 Å². The molecule has 0 aromatic carbocycles. The van der Waals surface area contributed by atoms with E-state index in [1.165, 1.54) is 7.11 Å². The second kappa shape index (κ2) is 6.78. The van der Waals surface area contributed by atoms with Gasteiger partial charge in [0.05, 0.1) is 19.3 Å². The standard InChI is InChI=1S/C16H20N4O3/c1-3-20-10-11(9-18-20)14-13(6-8-23-14)19-15(21)12-5-4-7-17-16(12)22-2/h4-5,7,9-10,13-14H,3,6,8H2,1-2H3,(H,19,21)/t13-,14+/m0/s1. The maximum atomic E-state index is 12.5. The number of carbonyl (C=O) groups is 1. The SMILES string of the molecule is CCn1cc([C@H]2OCC[C@@H]2NC(=O)c2cccnc2OC)cn1. The van der Waals surface area contributed by atoms with Gasteiger partial charge in [0.1, 0.15) is 11.7 Å². The van der Waals surface area contributed by atoms with E-state index in [0.29, 0.717) is 18.1 Å². The summed E-state index contributed by atoms with van der Waals surface area (Å²) < 4.78 is 12.8. The normalized spacial score (nSPS) is 20.4. The number of rotatable bonds is 5. The highest BCUT2D eigenvalue weighted by molar-refractivity contribution is 5.96. The average Bonchev–Trinajstić information content (AvgIpc) is 3.23. The fourth-order valence-corrected chi connectivity index (χ4v) is 2.74. The molecule has 7 heteroatoms. The van der Waals surface area contributed by atoms with Crippen molar-refractivity contribution in [3.05, 3.63) is 41.9 Å². The lowest BCUT2D eigenvalue weighted by Gasteiger charge is -2.19. The molecule has 2 aromatic heterocycles. The second-order valence-electron chi connectivity index (χ2n) is 5.35. The minimum atomic E-state index is -0.210. The summed E-state index contributed by atoms with van der Waals surface area (Å²) in [4.78, 5) is 16.6. The van der Waals surface area contributed by atoms with Crippen LogP contribution in [0.5, 0.6) is 5.88 Å². The Morgan fingerprint density at radius 3 is 3.17 bits per heavy atom. The van der Waals surface area contributed by atoms with Crippen LogP contribution in [0.25, 0.3) is 0 Å². The van der Waals surface area contributed by atoms with Crippen molar-refractivity contribution < 1.29 is 14.3 Å². The van der Waals surface area contributed by atoms with Crippen LogP contribution in [0.1, 0.15) is 35.4 Å². The zero-order valence-corrected chi connectivity index (χ0v) is 13.2. The Balaban J connectivity index is 1.74. The molecule has 1 amide bonds. The summed E-state index contributed by atoms with van der Waals surface area (Å²) in [6, 6.07) is 3.31. The number of hydrogen-bond acceptors (Lipinski definition) is 5. The van der Waals surface area contributed by atoms with Crippen LogP contribution in [0.15, 0.2) is 30.7 Å². The molecule has 1 saturated heterocycles. The zero-order valence-electron chi connectivity index (χ0n) is 13.2. The van der Waals surface area contributed by atoms with E-state index >= 15 is 0 Å². The van der Waals surface area contributed by atoms with Gasteiger partial charge in [-0.15, -0.1) is 0 Å². The van der Waals surface area contributed by atoms with E-state index in [0.717, 1.165) is 18.5 Å². The van der Waals surface area contributed by atoms with Crippen LogP contribution < -0.4 is 10.1 Å². The van der Waals surface area contributed by atoms with Crippen LogP contribution in [0.4, 0.5) is 0 Å². The summed E-state index contributed by atoms with van der Waals surface area (Å²) in [6.45, 7) is 3.44. The number of ether oxygens (including phenoxy) is 2. The maximum absolute atomic E-state index is 12.5. The highest BCUT2D eigenvalue weighted by Crippen LogP contribution is 2.29. The van der Waals surface area contributed by atoms with E-state index in [9.17, 15) is 4.79 Å². The first-order valence-corrected chi connectivity index (χ1v) is 7.66. The summed E-state index contributed by atoms with van der Waals surface area (Å²) in [5.41, 5.74) is 1.40. The number of amides is 1. The number of aromatic nitrogens is 3. The molecule has 0 bridgehead atoms. The number of hydrogen-bond donors (Lipinski definition) is 1. The molecule has 0 spiro atoms. The average molecular weight is 316 g/mol. The van der Waals surface area contributed by atoms with Crippen molar-refractivity contribution in [1.29, 1.82) is 0 Å². The molecule has 0 saturated carbocycles. The molecule has 1 fully saturated rings. The largest absolute Gasteiger partial charge is 0.480 e. The van der Waals surface area contributed by atoms with Gasteiger partial charge in [-0.1, -0.05) is 0 Å². The first-order chi connectivity index (χ1) is 11.2. The Labute approximate surface area is 134 Å². The summed E-state index contributed by atoms with van der Waals surface area (Å²) in [5.74, 6) is 0.109. The summed E-state index contributed by atoms with van der Waals surface area (Å²) in [7, 11) is 1.50. The molecule has 3 heterocycles. The predicted molar refractivity (Wildman–Crippen MR) is 83.3 cm³/mol. The lowest BCUT2D eigenvalue weighted by atomic mass is 10.0. The molecule has 122 valence electrons. The molecule has 3 rings (SSSR count). The quantitative estimate of drug-likeness (QED) is 0.906. The van der Waals surface area contributed by atoms with Gasteiger partial charge in [0.15, 0.2) is 0 Å². The molecule has 1 N–H and O–H groups in total. The lowest BCUT2D eigenvalue weighted by molar-refractivity contribution is 0.0818. The molecule has 1 aliphatic heterocycles. The molecular weight excluding hydrogens is 296 g/mol. The fourth-order valence-electron chi connectivity index (χ4n) is 2.74. The smallest absolute Gasteiger partial charge is 0.257 e. The highest BCUT2D eigenvalue weighted by atomic mass is 16.5. The molecule has 0 aliphatic carbocycles. The third kappa shape index (κ3) is 3.19. The molecule has 2 aromatic rings. The summed E-state index contributed by atoms with van der Waals surface area (Å²) in [6.07, 6.45) is 5.93. The Kier molecular flexibility index (Phi) is 4.57. The summed E-state index contributed by atoms with van der Waals surface area (Å²) >= 11 is 0. The fraction of sp³-hybridized carbons (Fsp3) is 0.438. The van der Waals surface area contributed by atoms with Crippen LogP contribution in [0.2, 0.25) is 0 Å². The number of carbonyl (C=O) groups excluding carboxylic acids is 1. The molecular formula is C16H20N4O3. The van der Waals surface area contributed by atoms with Gasteiger partial charge >= 0.3 is 0 Å². The molecule has 0 radical (unpaired) electrons. The van der Waals surface area contributed by atoms with Gasteiger partial charge in [-0.3, -0.25) is 9.48 Å². The third-order valence-corrected chi connectivity index (χ3v) is 3.92. The van der Waals surface area contributed by atoms with Crippen molar-refractivity contribution in [2.45, 2.75) is 32.0 Å². The van der Waals surface area contributed by atoms with Crippen molar-refractivity contribution in [3.8, 4) is 5.88 Å². The van der Waals surface area contributed by atoms with Crippen molar-refractivity contribution in [1.82, 2.24) is 20.1 Å². The predicted octanol–water partition coefficient (Wildman–Crippen LogP) is 1.57. The molecule has 7 nitrogen and oxygen atoms in total. The monoisotopic (exact) mass is 316 g/mol. The summed E-state index contributed by atoms with van der Waals surface area (Å²) in [5, 5.41) is 7.30. The number of nitrogens with zero attached hydrogens (tertiary/aromatic N) is 3. The van der Waals surface area contributed by atoms with E-state index in [2.05, 4.69) is 15.4 Å². The third-order valence-electron chi connectivity index (χ3n) is 3.92. The van der Waals surface area contributed by atoms with Crippen LogP contribution >= 0.6 is 0 Å².